The number of carbonyl (C=O) groups excluding carboxylic acids is 1. The van der Waals surface area contributed by atoms with Crippen LogP contribution < -0.4 is 10.3 Å². The van der Waals surface area contributed by atoms with E-state index in [4.69, 9.17) is 9.47 Å². The van der Waals surface area contributed by atoms with Crippen molar-refractivity contribution in [3.05, 3.63) is 69.6 Å². The van der Waals surface area contributed by atoms with E-state index in [0.717, 1.165) is 11.1 Å². The van der Waals surface area contributed by atoms with Crippen molar-refractivity contribution in [3.63, 3.8) is 0 Å². The summed E-state index contributed by atoms with van der Waals surface area (Å²) in [6, 6.07) is 12.8. The lowest BCUT2D eigenvalue weighted by Crippen LogP contribution is -2.22. The molecule has 3 aromatic rings. The summed E-state index contributed by atoms with van der Waals surface area (Å²) in [5.41, 5.74) is 2.19. The molecule has 0 bridgehead atoms. The van der Waals surface area contributed by atoms with Gasteiger partial charge in [-0.15, -0.1) is 0 Å². The zero-order valence-electron chi connectivity index (χ0n) is 15.0. The summed E-state index contributed by atoms with van der Waals surface area (Å²) in [5.74, 6) is 0.263. The molecule has 0 amide bonds. The molecule has 0 saturated carbocycles. The van der Waals surface area contributed by atoms with Crippen LogP contribution in [-0.2, 0) is 29.6 Å². The second kappa shape index (κ2) is 7.39. The topological polar surface area (TPSA) is 70.4 Å². The Hall–Kier alpha value is -3.15. The maximum atomic E-state index is 12.3. The van der Waals surface area contributed by atoms with Gasteiger partial charge in [0.2, 0.25) is 0 Å². The normalized spacial score (nSPS) is 10.7. The van der Waals surface area contributed by atoms with Crippen LogP contribution in [0.5, 0.6) is 5.75 Å². The van der Waals surface area contributed by atoms with Crippen LogP contribution in [0, 0.1) is 6.92 Å². The molecule has 0 aliphatic heterocycles. The van der Waals surface area contributed by atoms with Crippen LogP contribution in [0.3, 0.4) is 0 Å². The first-order valence-electron chi connectivity index (χ1n) is 8.23. The third-order valence-electron chi connectivity index (χ3n) is 4.17. The number of aryl methyl sites for hydroxylation is 2. The first-order valence-corrected chi connectivity index (χ1v) is 8.23. The number of rotatable bonds is 5. The average molecular weight is 352 g/mol. The van der Waals surface area contributed by atoms with Crippen molar-refractivity contribution in [2.45, 2.75) is 20.0 Å². The number of hydrogen-bond donors (Lipinski definition) is 0. The summed E-state index contributed by atoms with van der Waals surface area (Å²) < 4.78 is 11.9. The van der Waals surface area contributed by atoms with E-state index in [1.54, 1.807) is 32.4 Å². The molecular weight excluding hydrogens is 332 g/mol. The van der Waals surface area contributed by atoms with Gasteiger partial charge in [-0.05, 0) is 25.1 Å². The zero-order chi connectivity index (χ0) is 18.7. The van der Waals surface area contributed by atoms with Gasteiger partial charge in [-0.3, -0.25) is 9.59 Å². The van der Waals surface area contributed by atoms with Crippen LogP contribution >= 0.6 is 0 Å². The summed E-state index contributed by atoms with van der Waals surface area (Å²) in [6.45, 7) is 2.08. The van der Waals surface area contributed by atoms with E-state index in [-0.39, 0.29) is 18.6 Å². The van der Waals surface area contributed by atoms with Gasteiger partial charge in [0.15, 0.2) is 0 Å². The van der Waals surface area contributed by atoms with Crippen LogP contribution in [0.4, 0.5) is 0 Å². The quantitative estimate of drug-likeness (QED) is 0.660. The maximum Gasteiger partial charge on any atom is 0.312 e. The standard InChI is InChI=1S/C20H20N2O4/c1-13-8-9-18(25-3)14(10-13)12-26-19(23)11-17-15-6-4-5-7-16(15)20(24)22(2)21-17/h4-10H,11-12H2,1-3H3. The van der Waals surface area contributed by atoms with Gasteiger partial charge in [0.25, 0.3) is 5.56 Å². The molecule has 0 aliphatic carbocycles. The summed E-state index contributed by atoms with van der Waals surface area (Å²) in [6.07, 6.45) is -0.0111. The lowest BCUT2D eigenvalue weighted by atomic mass is 10.1. The van der Waals surface area contributed by atoms with E-state index in [1.807, 2.05) is 31.2 Å². The van der Waals surface area contributed by atoms with Crippen LogP contribution in [0.1, 0.15) is 16.8 Å². The number of fused-ring (bicyclic) bond motifs is 1. The fourth-order valence-corrected chi connectivity index (χ4v) is 2.87. The highest BCUT2D eigenvalue weighted by Crippen LogP contribution is 2.21. The van der Waals surface area contributed by atoms with Gasteiger partial charge in [0, 0.05) is 18.0 Å². The van der Waals surface area contributed by atoms with Crippen LogP contribution in [0.15, 0.2) is 47.3 Å². The first kappa shape index (κ1) is 17.7. The fourth-order valence-electron chi connectivity index (χ4n) is 2.87. The molecule has 0 fully saturated rings. The number of esters is 1. The van der Waals surface area contributed by atoms with Crippen molar-refractivity contribution >= 4 is 16.7 Å². The maximum absolute atomic E-state index is 12.3. The highest BCUT2D eigenvalue weighted by molar-refractivity contribution is 5.86. The summed E-state index contributed by atoms with van der Waals surface area (Å²) >= 11 is 0. The Balaban J connectivity index is 1.79. The van der Waals surface area contributed by atoms with Gasteiger partial charge >= 0.3 is 5.97 Å². The molecule has 1 heterocycles. The second-order valence-electron chi connectivity index (χ2n) is 6.07. The Kier molecular flexibility index (Phi) is 5.02. The number of ether oxygens (including phenoxy) is 2. The van der Waals surface area contributed by atoms with Crippen molar-refractivity contribution in [2.75, 3.05) is 7.11 Å². The van der Waals surface area contributed by atoms with E-state index >= 15 is 0 Å². The number of benzene rings is 2. The second-order valence-corrected chi connectivity index (χ2v) is 6.07. The van der Waals surface area contributed by atoms with E-state index in [9.17, 15) is 9.59 Å². The highest BCUT2D eigenvalue weighted by atomic mass is 16.5. The van der Waals surface area contributed by atoms with Crippen molar-refractivity contribution in [2.24, 2.45) is 7.05 Å². The lowest BCUT2D eigenvalue weighted by molar-refractivity contribution is -0.144. The summed E-state index contributed by atoms with van der Waals surface area (Å²) in [5, 5.41) is 5.42. The molecule has 0 N–H and O–H groups in total. The van der Waals surface area contributed by atoms with Gasteiger partial charge in [0.05, 0.1) is 24.6 Å². The van der Waals surface area contributed by atoms with Crippen LogP contribution in [-0.4, -0.2) is 22.9 Å². The third-order valence-corrected chi connectivity index (χ3v) is 4.17. The van der Waals surface area contributed by atoms with Gasteiger partial charge in [0.1, 0.15) is 12.4 Å². The predicted molar refractivity (Wildman–Crippen MR) is 98.2 cm³/mol. The van der Waals surface area contributed by atoms with E-state index in [2.05, 4.69) is 5.10 Å². The molecule has 134 valence electrons. The molecular formula is C20H20N2O4. The molecule has 3 rings (SSSR count). The molecule has 26 heavy (non-hydrogen) atoms. The molecule has 6 nitrogen and oxygen atoms in total. The molecule has 6 heteroatoms. The molecule has 0 radical (unpaired) electrons. The molecule has 1 aromatic heterocycles. The van der Waals surface area contributed by atoms with Crippen LogP contribution in [0.2, 0.25) is 0 Å². The Morgan fingerprint density at radius 1 is 1.15 bits per heavy atom. The molecule has 0 aliphatic rings. The average Bonchev–Trinajstić information content (AvgIpc) is 2.64. The number of hydrogen-bond acceptors (Lipinski definition) is 5. The predicted octanol–water partition coefficient (Wildman–Crippen LogP) is 2.54. The number of aromatic nitrogens is 2. The first-order chi connectivity index (χ1) is 12.5. The van der Waals surface area contributed by atoms with Gasteiger partial charge in [-0.2, -0.15) is 5.10 Å². The van der Waals surface area contributed by atoms with Crippen molar-refractivity contribution < 1.29 is 14.3 Å². The van der Waals surface area contributed by atoms with Crippen molar-refractivity contribution in [1.82, 2.24) is 9.78 Å². The van der Waals surface area contributed by atoms with Crippen molar-refractivity contribution in [1.29, 1.82) is 0 Å². The minimum atomic E-state index is -0.412. The van der Waals surface area contributed by atoms with Gasteiger partial charge in [-0.25, -0.2) is 4.68 Å². The van der Waals surface area contributed by atoms with E-state index in [1.165, 1.54) is 4.68 Å². The SMILES string of the molecule is COc1ccc(C)cc1COC(=O)Cc1nn(C)c(=O)c2ccccc12. The van der Waals surface area contributed by atoms with Gasteiger partial charge < -0.3 is 9.47 Å². The molecule has 2 aromatic carbocycles. The molecule has 0 spiro atoms. The van der Waals surface area contributed by atoms with E-state index in [0.29, 0.717) is 22.2 Å². The van der Waals surface area contributed by atoms with E-state index < -0.39 is 5.97 Å². The molecule has 0 unspecified atom stereocenters. The summed E-state index contributed by atoms with van der Waals surface area (Å²) in [4.78, 5) is 24.5. The Labute approximate surface area is 151 Å². The molecule has 0 saturated heterocycles. The zero-order valence-corrected chi connectivity index (χ0v) is 15.0. The fraction of sp³-hybridized carbons (Fsp3) is 0.250. The largest absolute Gasteiger partial charge is 0.496 e. The Morgan fingerprint density at radius 2 is 1.88 bits per heavy atom. The number of nitrogens with zero attached hydrogens (tertiary/aromatic N) is 2. The van der Waals surface area contributed by atoms with Crippen molar-refractivity contribution in [3.8, 4) is 5.75 Å². The number of methoxy groups -OCH3 is 1. The summed E-state index contributed by atoms with van der Waals surface area (Å²) in [7, 11) is 3.15. The smallest absolute Gasteiger partial charge is 0.312 e. The lowest BCUT2D eigenvalue weighted by Gasteiger charge is -2.11. The highest BCUT2D eigenvalue weighted by Gasteiger charge is 2.14. The van der Waals surface area contributed by atoms with Crippen LogP contribution in [0.25, 0.3) is 10.8 Å². The molecule has 0 atom stereocenters. The minimum Gasteiger partial charge on any atom is -0.496 e. The minimum absolute atomic E-state index is 0.0111. The number of carbonyl (C=O) groups is 1. The van der Waals surface area contributed by atoms with Gasteiger partial charge in [-0.1, -0.05) is 29.8 Å². The Morgan fingerprint density at radius 3 is 2.62 bits per heavy atom. The monoisotopic (exact) mass is 352 g/mol. The third kappa shape index (κ3) is 3.59. The Bertz CT molecular complexity index is 1020.